The molecule has 1 rings (SSSR count). The first-order valence-corrected chi connectivity index (χ1v) is 7.69. The first kappa shape index (κ1) is 17.3. The molecule has 0 saturated carbocycles. The van der Waals surface area contributed by atoms with Crippen LogP contribution in [-0.2, 0) is 0 Å². The van der Waals surface area contributed by atoms with E-state index in [0.717, 1.165) is 6.42 Å². The smallest absolute Gasteiger partial charge is 0.203 e. The monoisotopic (exact) mass is 294 g/mol. The molecule has 118 valence electrons. The van der Waals surface area contributed by atoms with Gasteiger partial charge in [0, 0.05) is 11.5 Å². The van der Waals surface area contributed by atoms with E-state index in [1.165, 1.54) is 0 Å². The van der Waals surface area contributed by atoms with Crippen LogP contribution in [0, 0.1) is 5.92 Å². The predicted molar refractivity (Wildman–Crippen MR) is 83.7 cm³/mol. The summed E-state index contributed by atoms with van der Waals surface area (Å²) in [4.78, 5) is 12.4. The minimum atomic E-state index is -0.0214. The number of benzene rings is 1. The Kier molecular flexibility index (Phi) is 7.06. The van der Waals surface area contributed by atoms with Crippen molar-refractivity contribution in [1.29, 1.82) is 0 Å². The first-order valence-electron chi connectivity index (χ1n) is 7.69. The Balaban J connectivity index is 3.31. The van der Waals surface area contributed by atoms with Crippen LogP contribution in [-0.4, -0.2) is 25.6 Å². The number of ether oxygens (including phenoxy) is 3. The third-order valence-electron chi connectivity index (χ3n) is 3.25. The number of carbonyl (C=O) groups is 1. The Bertz CT molecular complexity index is 441. The van der Waals surface area contributed by atoms with Crippen molar-refractivity contribution in [3.8, 4) is 17.2 Å². The van der Waals surface area contributed by atoms with Gasteiger partial charge in [-0.15, -0.1) is 0 Å². The average Bonchev–Trinajstić information content (AvgIpc) is 2.49. The van der Waals surface area contributed by atoms with Gasteiger partial charge in [-0.3, -0.25) is 4.79 Å². The number of hydrogen-bond acceptors (Lipinski definition) is 4. The standard InChI is InChI=1S/C17H26O4/c1-6-12(5)16(18)13-10-14(19-7-2)17(21-9-4)15(11-13)20-8-3/h10-12H,6-9H2,1-5H3. The molecule has 0 bridgehead atoms. The van der Waals surface area contributed by atoms with Crippen molar-refractivity contribution in [2.24, 2.45) is 5.92 Å². The highest BCUT2D eigenvalue weighted by atomic mass is 16.5. The predicted octanol–water partition coefficient (Wildman–Crippen LogP) is 4.11. The minimum Gasteiger partial charge on any atom is -0.490 e. The lowest BCUT2D eigenvalue weighted by molar-refractivity contribution is 0.0926. The fraction of sp³-hybridized carbons (Fsp3) is 0.588. The van der Waals surface area contributed by atoms with Gasteiger partial charge in [0.2, 0.25) is 5.75 Å². The number of hydrogen-bond donors (Lipinski definition) is 0. The zero-order chi connectivity index (χ0) is 15.8. The maximum Gasteiger partial charge on any atom is 0.203 e. The molecule has 1 aromatic carbocycles. The van der Waals surface area contributed by atoms with E-state index in [0.29, 0.717) is 42.6 Å². The SMILES string of the molecule is CCOc1cc(C(=O)C(C)CC)cc(OCC)c1OCC. The van der Waals surface area contributed by atoms with Gasteiger partial charge in [0.25, 0.3) is 0 Å². The fourth-order valence-corrected chi connectivity index (χ4v) is 2.00. The second kappa shape index (κ2) is 8.55. The molecule has 0 radical (unpaired) electrons. The van der Waals surface area contributed by atoms with Crippen molar-refractivity contribution >= 4 is 5.78 Å². The molecule has 0 heterocycles. The molecule has 0 aliphatic heterocycles. The highest BCUT2D eigenvalue weighted by molar-refractivity contribution is 5.98. The van der Waals surface area contributed by atoms with Crippen molar-refractivity contribution in [3.63, 3.8) is 0 Å². The molecule has 1 aromatic rings. The fourth-order valence-electron chi connectivity index (χ4n) is 2.00. The Morgan fingerprint density at radius 2 is 1.43 bits per heavy atom. The largest absolute Gasteiger partial charge is 0.490 e. The van der Waals surface area contributed by atoms with Gasteiger partial charge < -0.3 is 14.2 Å². The minimum absolute atomic E-state index is 0.0214. The molecule has 0 spiro atoms. The van der Waals surface area contributed by atoms with Gasteiger partial charge in [-0.1, -0.05) is 13.8 Å². The van der Waals surface area contributed by atoms with E-state index in [1.54, 1.807) is 12.1 Å². The van der Waals surface area contributed by atoms with Crippen molar-refractivity contribution in [2.75, 3.05) is 19.8 Å². The molecule has 4 heteroatoms. The van der Waals surface area contributed by atoms with Crippen LogP contribution in [0.5, 0.6) is 17.2 Å². The Morgan fingerprint density at radius 3 is 1.81 bits per heavy atom. The third kappa shape index (κ3) is 4.38. The van der Waals surface area contributed by atoms with Gasteiger partial charge in [-0.05, 0) is 39.3 Å². The summed E-state index contributed by atoms with van der Waals surface area (Å²) < 4.78 is 16.9. The molecule has 0 N–H and O–H groups in total. The molecule has 0 aliphatic rings. The topological polar surface area (TPSA) is 44.8 Å². The van der Waals surface area contributed by atoms with E-state index < -0.39 is 0 Å². The van der Waals surface area contributed by atoms with E-state index in [1.807, 2.05) is 34.6 Å². The summed E-state index contributed by atoms with van der Waals surface area (Å²) in [7, 11) is 0. The Morgan fingerprint density at radius 1 is 0.952 bits per heavy atom. The second-order valence-electron chi connectivity index (χ2n) is 4.77. The van der Waals surface area contributed by atoms with Crippen LogP contribution in [0.4, 0.5) is 0 Å². The molecule has 4 nitrogen and oxygen atoms in total. The Labute approximate surface area is 127 Å². The maximum absolute atomic E-state index is 12.4. The van der Waals surface area contributed by atoms with Crippen LogP contribution in [0.2, 0.25) is 0 Å². The quantitative estimate of drug-likeness (QED) is 0.643. The van der Waals surface area contributed by atoms with Gasteiger partial charge >= 0.3 is 0 Å². The summed E-state index contributed by atoms with van der Waals surface area (Å²) >= 11 is 0. The highest BCUT2D eigenvalue weighted by Gasteiger charge is 2.20. The molecular formula is C17H26O4. The van der Waals surface area contributed by atoms with E-state index >= 15 is 0 Å². The Hall–Kier alpha value is -1.71. The maximum atomic E-state index is 12.4. The zero-order valence-corrected chi connectivity index (χ0v) is 13.7. The van der Waals surface area contributed by atoms with Gasteiger partial charge in [0.05, 0.1) is 19.8 Å². The van der Waals surface area contributed by atoms with E-state index in [2.05, 4.69) is 0 Å². The van der Waals surface area contributed by atoms with Crippen LogP contribution in [0.3, 0.4) is 0 Å². The highest BCUT2D eigenvalue weighted by Crippen LogP contribution is 2.39. The summed E-state index contributed by atoms with van der Waals surface area (Å²) in [6.07, 6.45) is 0.806. The summed E-state index contributed by atoms with van der Waals surface area (Å²) in [5.74, 6) is 1.78. The molecule has 0 aromatic heterocycles. The van der Waals surface area contributed by atoms with Crippen LogP contribution in [0.25, 0.3) is 0 Å². The molecule has 21 heavy (non-hydrogen) atoms. The molecular weight excluding hydrogens is 268 g/mol. The van der Waals surface area contributed by atoms with E-state index in [-0.39, 0.29) is 11.7 Å². The van der Waals surface area contributed by atoms with Gasteiger partial charge in [0.15, 0.2) is 17.3 Å². The number of ketones is 1. The lowest BCUT2D eigenvalue weighted by Crippen LogP contribution is -2.12. The average molecular weight is 294 g/mol. The van der Waals surface area contributed by atoms with Crippen molar-refractivity contribution in [2.45, 2.75) is 41.0 Å². The number of rotatable bonds is 9. The molecule has 0 fully saturated rings. The van der Waals surface area contributed by atoms with Crippen LogP contribution in [0.15, 0.2) is 12.1 Å². The summed E-state index contributed by atoms with van der Waals surface area (Å²) in [6.45, 7) is 11.2. The second-order valence-corrected chi connectivity index (χ2v) is 4.77. The zero-order valence-electron chi connectivity index (χ0n) is 13.7. The van der Waals surface area contributed by atoms with Crippen molar-refractivity contribution < 1.29 is 19.0 Å². The van der Waals surface area contributed by atoms with Crippen LogP contribution in [0.1, 0.15) is 51.4 Å². The molecule has 1 atom stereocenters. The van der Waals surface area contributed by atoms with Gasteiger partial charge in [-0.25, -0.2) is 0 Å². The normalized spacial score (nSPS) is 11.9. The molecule has 0 saturated heterocycles. The summed E-state index contributed by atoms with van der Waals surface area (Å²) in [6, 6.07) is 3.51. The molecule has 1 unspecified atom stereocenters. The van der Waals surface area contributed by atoms with Crippen LogP contribution < -0.4 is 14.2 Å². The first-order chi connectivity index (χ1) is 10.1. The van der Waals surface area contributed by atoms with E-state index in [4.69, 9.17) is 14.2 Å². The number of carbonyl (C=O) groups excluding carboxylic acids is 1. The summed E-state index contributed by atoms with van der Waals surface area (Å²) in [5, 5.41) is 0. The lowest BCUT2D eigenvalue weighted by atomic mass is 9.96. The summed E-state index contributed by atoms with van der Waals surface area (Å²) in [5.41, 5.74) is 0.611. The van der Waals surface area contributed by atoms with Gasteiger partial charge in [0.1, 0.15) is 0 Å². The lowest BCUT2D eigenvalue weighted by Gasteiger charge is -2.17. The molecule has 0 amide bonds. The third-order valence-corrected chi connectivity index (χ3v) is 3.25. The molecule has 0 aliphatic carbocycles. The number of Topliss-reactive ketones (excluding diaryl/α,β-unsaturated/α-hetero) is 1. The van der Waals surface area contributed by atoms with Crippen molar-refractivity contribution in [1.82, 2.24) is 0 Å². The van der Waals surface area contributed by atoms with Gasteiger partial charge in [-0.2, -0.15) is 0 Å². The van der Waals surface area contributed by atoms with Crippen LogP contribution >= 0.6 is 0 Å². The van der Waals surface area contributed by atoms with E-state index in [9.17, 15) is 4.79 Å². The van der Waals surface area contributed by atoms with Crippen molar-refractivity contribution in [3.05, 3.63) is 17.7 Å².